The van der Waals surface area contributed by atoms with Crippen LogP contribution in [-0.4, -0.2) is 17.4 Å². The minimum Gasteiger partial charge on any atom is -0.334 e. The zero-order chi connectivity index (χ0) is 27.5. The molecule has 0 unspecified atom stereocenters. The molecule has 0 spiro atoms. The molecule has 0 aliphatic rings. The molecular weight excluding hydrogens is 502 g/mol. The second-order valence-corrected chi connectivity index (χ2v) is 10.8. The molecule has 1 amide bonds. The second-order valence-electron chi connectivity index (χ2n) is 10.4. The minimum atomic E-state index is -4.69. The SMILES string of the molecule is CCc1cc(CCN(Cc2ccc(C(C)(C)C)cc2)C(=O)c2cc(C(F)(F)F)cc(C)c2F)ccc1Cl. The molecule has 3 aromatic carbocycles. The van der Waals surface area contributed by atoms with Gasteiger partial charge in [0.15, 0.2) is 0 Å². The van der Waals surface area contributed by atoms with E-state index in [4.69, 9.17) is 11.6 Å². The maximum Gasteiger partial charge on any atom is 0.416 e. The van der Waals surface area contributed by atoms with Gasteiger partial charge in [0, 0.05) is 18.1 Å². The van der Waals surface area contributed by atoms with Gasteiger partial charge in [-0.2, -0.15) is 13.2 Å². The van der Waals surface area contributed by atoms with E-state index in [2.05, 4.69) is 20.8 Å². The highest BCUT2D eigenvalue weighted by Gasteiger charge is 2.33. The third kappa shape index (κ3) is 7.13. The molecule has 0 aliphatic heterocycles. The van der Waals surface area contributed by atoms with Crippen molar-refractivity contribution in [3.05, 3.63) is 104 Å². The van der Waals surface area contributed by atoms with E-state index in [1.165, 1.54) is 11.8 Å². The fraction of sp³-hybridized carbons (Fsp3) is 0.367. The summed E-state index contributed by atoms with van der Waals surface area (Å²) in [6.07, 6.45) is -3.51. The molecule has 2 nitrogen and oxygen atoms in total. The Labute approximate surface area is 221 Å². The first-order chi connectivity index (χ1) is 17.2. The molecule has 0 bridgehead atoms. The van der Waals surface area contributed by atoms with Gasteiger partial charge in [-0.25, -0.2) is 4.39 Å². The molecule has 0 saturated heterocycles. The van der Waals surface area contributed by atoms with Crippen molar-refractivity contribution in [2.45, 2.75) is 65.6 Å². The molecule has 37 heavy (non-hydrogen) atoms. The minimum absolute atomic E-state index is 0.0572. The van der Waals surface area contributed by atoms with E-state index in [1.54, 1.807) is 6.07 Å². The fourth-order valence-corrected chi connectivity index (χ4v) is 4.41. The smallest absolute Gasteiger partial charge is 0.334 e. The van der Waals surface area contributed by atoms with Gasteiger partial charge in [0.2, 0.25) is 0 Å². The molecular formula is C30H32ClF4NO. The van der Waals surface area contributed by atoms with Crippen LogP contribution in [0.25, 0.3) is 0 Å². The number of halogens is 5. The lowest BCUT2D eigenvalue weighted by atomic mass is 9.87. The van der Waals surface area contributed by atoms with Gasteiger partial charge in [0.05, 0.1) is 11.1 Å². The van der Waals surface area contributed by atoms with Crippen molar-refractivity contribution in [1.82, 2.24) is 4.90 Å². The average Bonchev–Trinajstić information content (AvgIpc) is 2.82. The average molecular weight is 534 g/mol. The first-order valence-electron chi connectivity index (χ1n) is 12.2. The summed E-state index contributed by atoms with van der Waals surface area (Å²) in [6, 6.07) is 14.7. The summed E-state index contributed by atoms with van der Waals surface area (Å²) < 4.78 is 55.3. The van der Waals surface area contributed by atoms with Crippen LogP contribution < -0.4 is 0 Å². The maximum absolute atomic E-state index is 15.0. The number of hydrogen-bond donors (Lipinski definition) is 0. The van der Waals surface area contributed by atoms with Crippen molar-refractivity contribution >= 4 is 17.5 Å². The Hall–Kier alpha value is -2.86. The Balaban J connectivity index is 1.97. The zero-order valence-corrected chi connectivity index (χ0v) is 22.5. The van der Waals surface area contributed by atoms with Gasteiger partial charge in [-0.15, -0.1) is 0 Å². The van der Waals surface area contributed by atoms with E-state index in [-0.39, 0.29) is 24.1 Å². The lowest BCUT2D eigenvalue weighted by Crippen LogP contribution is -2.33. The molecule has 0 atom stereocenters. The molecule has 3 aromatic rings. The van der Waals surface area contributed by atoms with Crippen molar-refractivity contribution in [3.63, 3.8) is 0 Å². The summed E-state index contributed by atoms with van der Waals surface area (Å²) in [4.78, 5) is 14.9. The molecule has 0 heterocycles. The van der Waals surface area contributed by atoms with Gasteiger partial charge < -0.3 is 4.90 Å². The molecule has 0 radical (unpaired) electrons. The summed E-state index contributed by atoms with van der Waals surface area (Å²) in [5.41, 5.74) is 1.91. The molecule has 3 rings (SSSR count). The van der Waals surface area contributed by atoms with Crippen LogP contribution in [0.3, 0.4) is 0 Å². The van der Waals surface area contributed by atoms with Crippen molar-refractivity contribution in [3.8, 4) is 0 Å². The molecule has 7 heteroatoms. The topological polar surface area (TPSA) is 20.3 Å². The normalized spacial score (nSPS) is 12.1. The van der Waals surface area contributed by atoms with Gasteiger partial charge in [-0.05, 0) is 71.2 Å². The Morgan fingerprint density at radius 3 is 2.11 bits per heavy atom. The molecule has 0 saturated carbocycles. The summed E-state index contributed by atoms with van der Waals surface area (Å²) in [5.74, 6) is -1.72. The predicted octanol–water partition coefficient (Wildman–Crippen LogP) is 8.55. The van der Waals surface area contributed by atoms with Crippen LogP contribution in [0.4, 0.5) is 17.6 Å². The molecule has 0 aliphatic carbocycles. The van der Waals surface area contributed by atoms with E-state index >= 15 is 0 Å². The molecule has 198 valence electrons. The van der Waals surface area contributed by atoms with Crippen molar-refractivity contribution in [2.75, 3.05) is 6.54 Å². The van der Waals surface area contributed by atoms with Crippen molar-refractivity contribution in [1.29, 1.82) is 0 Å². The van der Waals surface area contributed by atoms with E-state index in [0.29, 0.717) is 17.5 Å². The number of alkyl halides is 3. The third-order valence-electron chi connectivity index (χ3n) is 6.45. The second kappa shape index (κ2) is 11.3. The predicted molar refractivity (Wildman–Crippen MR) is 141 cm³/mol. The van der Waals surface area contributed by atoms with E-state index in [0.717, 1.165) is 34.7 Å². The van der Waals surface area contributed by atoms with Crippen LogP contribution >= 0.6 is 11.6 Å². The summed E-state index contributed by atoms with van der Waals surface area (Å²) in [5, 5.41) is 0.652. The molecule has 0 N–H and O–H groups in total. The first-order valence-corrected chi connectivity index (χ1v) is 12.6. The van der Waals surface area contributed by atoms with Crippen LogP contribution in [0.15, 0.2) is 54.6 Å². The number of rotatable bonds is 7. The number of hydrogen-bond acceptors (Lipinski definition) is 1. The van der Waals surface area contributed by atoms with Crippen LogP contribution in [0.5, 0.6) is 0 Å². The Morgan fingerprint density at radius 2 is 1.54 bits per heavy atom. The highest BCUT2D eigenvalue weighted by molar-refractivity contribution is 6.31. The monoisotopic (exact) mass is 533 g/mol. The summed E-state index contributed by atoms with van der Waals surface area (Å²) in [6.45, 7) is 9.82. The quantitative estimate of drug-likeness (QED) is 0.279. The van der Waals surface area contributed by atoms with Crippen molar-refractivity contribution < 1.29 is 22.4 Å². The largest absolute Gasteiger partial charge is 0.416 e. The van der Waals surface area contributed by atoms with E-state index in [1.807, 2.05) is 43.3 Å². The lowest BCUT2D eigenvalue weighted by molar-refractivity contribution is -0.137. The number of carbonyl (C=O) groups excluding carboxylic acids is 1. The van der Waals surface area contributed by atoms with Crippen LogP contribution in [0.1, 0.15) is 71.4 Å². The maximum atomic E-state index is 15.0. The van der Waals surface area contributed by atoms with Gasteiger partial charge >= 0.3 is 6.18 Å². The molecule has 0 fully saturated rings. The fourth-order valence-electron chi connectivity index (χ4n) is 4.16. The van der Waals surface area contributed by atoms with Crippen LogP contribution in [0.2, 0.25) is 5.02 Å². The first kappa shape index (κ1) is 28.7. The number of aryl methyl sites for hydroxylation is 2. The zero-order valence-electron chi connectivity index (χ0n) is 21.8. The van der Waals surface area contributed by atoms with Crippen LogP contribution in [0, 0.1) is 12.7 Å². The van der Waals surface area contributed by atoms with Gasteiger partial charge in [-0.3, -0.25) is 4.79 Å². The van der Waals surface area contributed by atoms with E-state index in [9.17, 15) is 22.4 Å². The Kier molecular flexibility index (Phi) is 8.74. The number of benzene rings is 3. The highest BCUT2D eigenvalue weighted by Crippen LogP contribution is 2.32. The van der Waals surface area contributed by atoms with Gasteiger partial charge in [-0.1, -0.05) is 75.7 Å². The third-order valence-corrected chi connectivity index (χ3v) is 6.82. The number of carbonyl (C=O) groups is 1. The Morgan fingerprint density at radius 1 is 0.919 bits per heavy atom. The summed E-state index contributed by atoms with van der Waals surface area (Å²) >= 11 is 6.23. The summed E-state index contributed by atoms with van der Waals surface area (Å²) in [7, 11) is 0. The van der Waals surface area contributed by atoms with Gasteiger partial charge in [0.1, 0.15) is 5.82 Å². The van der Waals surface area contributed by atoms with Gasteiger partial charge in [0.25, 0.3) is 5.91 Å². The number of amides is 1. The van der Waals surface area contributed by atoms with E-state index < -0.39 is 29.0 Å². The molecule has 0 aromatic heterocycles. The standard InChI is InChI=1S/C30H32ClF4NO/c1-6-22-16-20(9-12-26(22)31)13-14-36(18-21-7-10-23(11-8-21)29(3,4)5)28(37)25-17-24(30(33,34)35)15-19(2)27(25)32/h7-12,15-17H,6,13-14,18H2,1-5H3. The number of nitrogens with zero attached hydrogens (tertiary/aromatic N) is 1. The van der Waals surface area contributed by atoms with Crippen molar-refractivity contribution in [2.24, 2.45) is 0 Å². The Bertz CT molecular complexity index is 1260. The van der Waals surface area contributed by atoms with Crippen LogP contribution in [-0.2, 0) is 31.0 Å². The highest BCUT2D eigenvalue weighted by atomic mass is 35.5. The lowest BCUT2D eigenvalue weighted by Gasteiger charge is -2.25.